The molecule has 0 amide bonds. The largest absolute Gasteiger partial charge is 0.462 e. The molecule has 0 aliphatic heterocycles. The standard InChI is InChI=1S/C49H86O5/c1-4-7-10-13-16-19-22-23-24-25-26-29-32-35-38-41-44-52-45-47(54-49(51)43-40-37-34-31-28-21-18-15-12-9-6-3)46-53-48(50)42-39-36-33-30-27-20-17-14-11-8-5-2/h7,10,14,16-17,19,23-24,26,29,47H,4-6,8-9,11-13,15,18,20-22,25,27-28,30-46H2,1-3H3/b10-7-,17-14-,19-16-,24-23-,29-26-. The molecule has 1 atom stereocenters. The molecule has 0 aliphatic rings. The molecule has 0 bridgehead atoms. The van der Waals surface area contributed by atoms with Gasteiger partial charge in [0.1, 0.15) is 6.61 Å². The number of hydrogen-bond acceptors (Lipinski definition) is 5. The molecule has 0 saturated carbocycles. The summed E-state index contributed by atoms with van der Waals surface area (Å²) in [5.74, 6) is -0.426. The van der Waals surface area contributed by atoms with Crippen molar-refractivity contribution in [1.29, 1.82) is 0 Å². The van der Waals surface area contributed by atoms with Gasteiger partial charge in [0.15, 0.2) is 6.10 Å². The molecule has 0 aromatic carbocycles. The lowest BCUT2D eigenvalue weighted by Crippen LogP contribution is -2.30. The molecule has 0 aromatic rings. The Kier molecular flexibility index (Phi) is 43.0. The van der Waals surface area contributed by atoms with Gasteiger partial charge in [0.25, 0.3) is 0 Å². The highest BCUT2D eigenvalue weighted by Crippen LogP contribution is 2.14. The van der Waals surface area contributed by atoms with Crippen molar-refractivity contribution in [3.63, 3.8) is 0 Å². The zero-order chi connectivity index (χ0) is 39.3. The van der Waals surface area contributed by atoms with Crippen LogP contribution >= 0.6 is 0 Å². The van der Waals surface area contributed by atoms with Crippen molar-refractivity contribution in [2.45, 2.75) is 219 Å². The summed E-state index contributed by atoms with van der Waals surface area (Å²) in [5.41, 5.74) is 0. The second-order valence-electron chi connectivity index (χ2n) is 14.9. The van der Waals surface area contributed by atoms with Gasteiger partial charge in [0.05, 0.1) is 6.61 Å². The fraction of sp³-hybridized carbons (Fsp3) is 0.755. The SMILES string of the molecule is CC/C=C\C/C=C\C/C=C\C/C=C\CCCCCOCC(COC(=O)CCCCCCC/C=C\CCCC)OC(=O)CCCCCCCCCCCCC. The second kappa shape index (κ2) is 45.0. The molecule has 1 unspecified atom stereocenters. The van der Waals surface area contributed by atoms with Gasteiger partial charge >= 0.3 is 11.9 Å². The van der Waals surface area contributed by atoms with Gasteiger partial charge in [-0.15, -0.1) is 0 Å². The summed E-state index contributed by atoms with van der Waals surface area (Å²) >= 11 is 0. The molecular weight excluding hydrogens is 669 g/mol. The van der Waals surface area contributed by atoms with Crippen LogP contribution in [0.25, 0.3) is 0 Å². The van der Waals surface area contributed by atoms with E-state index in [2.05, 4.69) is 81.5 Å². The fourth-order valence-corrected chi connectivity index (χ4v) is 6.13. The van der Waals surface area contributed by atoms with Crippen LogP contribution in [0.5, 0.6) is 0 Å². The van der Waals surface area contributed by atoms with E-state index in [4.69, 9.17) is 14.2 Å². The lowest BCUT2D eigenvalue weighted by Gasteiger charge is -2.18. The summed E-state index contributed by atoms with van der Waals surface area (Å²) in [6, 6.07) is 0. The molecular formula is C49H86O5. The van der Waals surface area contributed by atoms with Gasteiger partial charge in [-0.3, -0.25) is 9.59 Å². The monoisotopic (exact) mass is 755 g/mol. The first-order valence-electron chi connectivity index (χ1n) is 22.8. The molecule has 0 heterocycles. The topological polar surface area (TPSA) is 61.8 Å². The highest BCUT2D eigenvalue weighted by molar-refractivity contribution is 5.70. The van der Waals surface area contributed by atoms with E-state index < -0.39 is 6.10 Å². The maximum Gasteiger partial charge on any atom is 0.306 e. The first-order chi connectivity index (χ1) is 26.6. The maximum atomic E-state index is 12.7. The van der Waals surface area contributed by atoms with Crippen LogP contribution < -0.4 is 0 Å². The lowest BCUT2D eigenvalue weighted by atomic mass is 10.1. The first-order valence-corrected chi connectivity index (χ1v) is 22.8. The molecule has 0 rings (SSSR count). The van der Waals surface area contributed by atoms with Crippen LogP contribution in [-0.2, 0) is 23.8 Å². The zero-order valence-electron chi connectivity index (χ0n) is 35.7. The van der Waals surface area contributed by atoms with Crippen molar-refractivity contribution in [1.82, 2.24) is 0 Å². The van der Waals surface area contributed by atoms with Crippen molar-refractivity contribution >= 4 is 11.9 Å². The number of unbranched alkanes of at least 4 members (excludes halogenated alkanes) is 20. The molecule has 0 N–H and O–H groups in total. The van der Waals surface area contributed by atoms with Crippen molar-refractivity contribution < 1.29 is 23.8 Å². The number of rotatable bonds is 41. The van der Waals surface area contributed by atoms with Crippen molar-refractivity contribution in [3.05, 3.63) is 60.8 Å². The summed E-state index contributed by atoms with van der Waals surface area (Å²) in [4.78, 5) is 25.2. The predicted octanol–water partition coefficient (Wildman–Crippen LogP) is 15.0. The Balaban J connectivity index is 4.31. The third-order valence-corrected chi connectivity index (χ3v) is 9.54. The van der Waals surface area contributed by atoms with Gasteiger partial charge < -0.3 is 14.2 Å². The van der Waals surface area contributed by atoms with Crippen LogP contribution in [0, 0.1) is 0 Å². The number of carbonyl (C=O) groups excluding carboxylic acids is 2. The summed E-state index contributed by atoms with van der Waals surface area (Å²) in [7, 11) is 0. The van der Waals surface area contributed by atoms with E-state index in [1.165, 1.54) is 89.9 Å². The number of ether oxygens (including phenoxy) is 3. The molecule has 312 valence electrons. The van der Waals surface area contributed by atoms with E-state index in [9.17, 15) is 9.59 Å². The van der Waals surface area contributed by atoms with E-state index in [0.717, 1.165) is 89.9 Å². The van der Waals surface area contributed by atoms with Crippen molar-refractivity contribution in [2.24, 2.45) is 0 Å². The van der Waals surface area contributed by atoms with Crippen LogP contribution in [-0.4, -0.2) is 37.9 Å². The van der Waals surface area contributed by atoms with Crippen LogP contribution in [0.1, 0.15) is 213 Å². The molecule has 0 saturated heterocycles. The van der Waals surface area contributed by atoms with Gasteiger partial charge in [0, 0.05) is 19.4 Å². The van der Waals surface area contributed by atoms with Crippen LogP contribution in [0.15, 0.2) is 60.8 Å². The quantitative estimate of drug-likeness (QED) is 0.0353. The third-order valence-electron chi connectivity index (χ3n) is 9.54. The van der Waals surface area contributed by atoms with Gasteiger partial charge in [-0.05, 0) is 77.0 Å². The maximum absolute atomic E-state index is 12.7. The van der Waals surface area contributed by atoms with E-state index in [-0.39, 0.29) is 25.2 Å². The average Bonchev–Trinajstić information content (AvgIpc) is 3.17. The number of esters is 2. The second-order valence-corrected chi connectivity index (χ2v) is 14.9. The Bertz CT molecular complexity index is 946. The minimum atomic E-state index is -0.552. The van der Waals surface area contributed by atoms with E-state index in [0.29, 0.717) is 19.4 Å². The Morgan fingerprint density at radius 3 is 1.41 bits per heavy atom. The highest BCUT2D eigenvalue weighted by Gasteiger charge is 2.17. The molecule has 0 aromatic heterocycles. The predicted molar refractivity (Wildman–Crippen MR) is 233 cm³/mol. The smallest absolute Gasteiger partial charge is 0.306 e. The zero-order valence-corrected chi connectivity index (χ0v) is 35.7. The normalized spacial score (nSPS) is 12.7. The minimum Gasteiger partial charge on any atom is -0.462 e. The molecule has 0 radical (unpaired) electrons. The van der Waals surface area contributed by atoms with Crippen molar-refractivity contribution in [3.8, 4) is 0 Å². The molecule has 54 heavy (non-hydrogen) atoms. The fourth-order valence-electron chi connectivity index (χ4n) is 6.13. The number of carbonyl (C=O) groups is 2. The Morgan fingerprint density at radius 1 is 0.426 bits per heavy atom. The summed E-state index contributed by atoms with van der Waals surface area (Å²) in [6.07, 6.45) is 55.0. The molecule has 0 spiro atoms. The average molecular weight is 755 g/mol. The molecule has 5 heteroatoms. The first kappa shape index (κ1) is 51.6. The number of allylic oxidation sites excluding steroid dienone is 10. The molecule has 0 aliphatic carbocycles. The third kappa shape index (κ3) is 42.3. The van der Waals surface area contributed by atoms with E-state index in [1.54, 1.807) is 0 Å². The molecule has 0 fully saturated rings. The van der Waals surface area contributed by atoms with E-state index in [1.807, 2.05) is 0 Å². The van der Waals surface area contributed by atoms with Crippen molar-refractivity contribution in [2.75, 3.05) is 19.8 Å². The van der Waals surface area contributed by atoms with Crippen LogP contribution in [0.2, 0.25) is 0 Å². The number of hydrogen-bond donors (Lipinski definition) is 0. The van der Waals surface area contributed by atoms with Gasteiger partial charge in [-0.2, -0.15) is 0 Å². The molecule has 5 nitrogen and oxygen atoms in total. The summed E-state index contributed by atoms with van der Waals surface area (Å²) in [5, 5.41) is 0. The lowest BCUT2D eigenvalue weighted by molar-refractivity contribution is -0.163. The minimum absolute atomic E-state index is 0.0685. The van der Waals surface area contributed by atoms with Crippen LogP contribution in [0.4, 0.5) is 0 Å². The van der Waals surface area contributed by atoms with E-state index >= 15 is 0 Å². The van der Waals surface area contributed by atoms with Gasteiger partial charge in [-0.25, -0.2) is 0 Å². The van der Waals surface area contributed by atoms with Crippen LogP contribution in [0.3, 0.4) is 0 Å². The van der Waals surface area contributed by atoms with Gasteiger partial charge in [-0.1, -0.05) is 184 Å². The highest BCUT2D eigenvalue weighted by atomic mass is 16.6. The Morgan fingerprint density at radius 2 is 0.852 bits per heavy atom. The summed E-state index contributed by atoms with van der Waals surface area (Å²) in [6.45, 7) is 7.59. The Labute approximate surface area is 334 Å². The van der Waals surface area contributed by atoms with Gasteiger partial charge in [0.2, 0.25) is 0 Å². The summed E-state index contributed by atoms with van der Waals surface area (Å²) < 4.78 is 17.3. The Hall–Kier alpha value is -2.40.